The van der Waals surface area contributed by atoms with Crippen molar-refractivity contribution in [3.8, 4) is 17.2 Å². The molecular formula is C19H20N2O4. The van der Waals surface area contributed by atoms with Gasteiger partial charge in [-0.05, 0) is 30.7 Å². The van der Waals surface area contributed by atoms with Crippen LogP contribution >= 0.6 is 0 Å². The highest BCUT2D eigenvalue weighted by Gasteiger charge is 2.34. The van der Waals surface area contributed by atoms with Gasteiger partial charge in [-0.3, -0.25) is 4.79 Å². The summed E-state index contributed by atoms with van der Waals surface area (Å²) in [6.07, 6.45) is 0.582. The Hall–Kier alpha value is -2.89. The average Bonchev–Trinajstić information content (AvgIpc) is 3.12. The second-order valence-electron chi connectivity index (χ2n) is 6.05. The van der Waals surface area contributed by atoms with Gasteiger partial charge >= 0.3 is 0 Å². The van der Waals surface area contributed by atoms with E-state index in [0.29, 0.717) is 29.4 Å². The molecule has 130 valence electrons. The Morgan fingerprint density at radius 2 is 2.12 bits per heavy atom. The Labute approximate surface area is 146 Å². The van der Waals surface area contributed by atoms with Crippen LogP contribution in [0.25, 0.3) is 0 Å². The molecule has 2 aromatic rings. The molecule has 1 amide bonds. The van der Waals surface area contributed by atoms with Crippen molar-refractivity contribution in [2.45, 2.75) is 19.5 Å². The fourth-order valence-corrected chi connectivity index (χ4v) is 3.34. The van der Waals surface area contributed by atoms with Crippen LogP contribution < -0.4 is 19.5 Å². The molecule has 0 saturated carbocycles. The third-order valence-electron chi connectivity index (χ3n) is 4.48. The van der Waals surface area contributed by atoms with Crippen molar-refractivity contribution in [2.75, 3.05) is 25.8 Å². The maximum atomic E-state index is 13.0. The van der Waals surface area contributed by atoms with E-state index in [4.69, 9.17) is 14.2 Å². The number of carbonyl (C=O) groups is 1. The van der Waals surface area contributed by atoms with Crippen molar-refractivity contribution >= 4 is 11.6 Å². The highest BCUT2D eigenvalue weighted by molar-refractivity contribution is 6.01. The molecule has 0 aromatic heterocycles. The van der Waals surface area contributed by atoms with E-state index < -0.39 is 0 Å². The molecule has 0 unspecified atom stereocenters. The van der Waals surface area contributed by atoms with E-state index in [2.05, 4.69) is 12.2 Å². The van der Waals surface area contributed by atoms with Crippen molar-refractivity contribution < 1.29 is 19.0 Å². The summed E-state index contributed by atoms with van der Waals surface area (Å²) in [5, 5.41) is 3.47. The molecule has 2 aliphatic rings. The monoisotopic (exact) mass is 340 g/mol. The lowest BCUT2D eigenvalue weighted by atomic mass is 10.0. The number of hydrogen-bond acceptors (Lipinski definition) is 5. The smallest absolute Gasteiger partial charge is 0.257 e. The number of nitrogens with one attached hydrogen (secondary N) is 1. The second-order valence-corrected chi connectivity index (χ2v) is 6.05. The van der Waals surface area contributed by atoms with Gasteiger partial charge < -0.3 is 24.4 Å². The summed E-state index contributed by atoms with van der Waals surface area (Å²) in [7, 11) is 1.60. The lowest BCUT2D eigenvalue weighted by molar-refractivity contribution is 0.0683. The van der Waals surface area contributed by atoms with Gasteiger partial charge in [-0.1, -0.05) is 19.1 Å². The van der Waals surface area contributed by atoms with Crippen molar-refractivity contribution in [3.63, 3.8) is 0 Å². The minimum absolute atomic E-state index is 0.0258. The van der Waals surface area contributed by atoms with Gasteiger partial charge in [0.2, 0.25) is 12.5 Å². The van der Waals surface area contributed by atoms with E-state index in [1.165, 1.54) is 0 Å². The first-order valence-corrected chi connectivity index (χ1v) is 8.37. The lowest BCUT2D eigenvalue weighted by Gasteiger charge is -2.38. The molecule has 0 bridgehead atoms. The molecule has 0 saturated heterocycles. The predicted molar refractivity (Wildman–Crippen MR) is 93.3 cm³/mol. The normalized spacial score (nSPS) is 17.9. The van der Waals surface area contributed by atoms with E-state index in [-0.39, 0.29) is 18.9 Å². The molecule has 1 atom stereocenters. The van der Waals surface area contributed by atoms with Crippen LogP contribution in [0.1, 0.15) is 35.4 Å². The third-order valence-corrected chi connectivity index (χ3v) is 4.48. The number of carbonyl (C=O) groups excluding carboxylic acids is 1. The summed E-state index contributed by atoms with van der Waals surface area (Å²) in [6.45, 7) is 2.89. The second kappa shape index (κ2) is 6.20. The summed E-state index contributed by atoms with van der Waals surface area (Å²) in [4.78, 5) is 14.8. The first-order valence-electron chi connectivity index (χ1n) is 8.37. The molecule has 0 fully saturated rings. The Bertz CT molecular complexity index is 821. The largest absolute Gasteiger partial charge is 0.493 e. The summed E-state index contributed by atoms with van der Waals surface area (Å²) in [5.41, 5.74) is 2.43. The number of methoxy groups -OCH3 is 1. The average molecular weight is 340 g/mol. The molecule has 2 aliphatic heterocycles. The molecular weight excluding hydrogens is 320 g/mol. The minimum atomic E-state index is -0.286. The Morgan fingerprint density at radius 1 is 1.28 bits per heavy atom. The Balaban J connectivity index is 1.79. The number of amides is 1. The first-order chi connectivity index (χ1) is 12.2. The molecule has 0 aliphatic carbocycles. The molecule has 6 heteroatoms. The predicted octanol–water partition coefficient (Wildman–Crippen LogP) is 3.40. The molecule has 6 nitrogen and oxygen atoms in total. The van der Waals surface area contributed by atoms with Crippen LogP contribution in [0.2, 0.25) is 0 Å². The number of anilines is 1. The quantitative estimate of drug-likeness (QED) is 0.924. The maximum Gasteiger partial charge on any atom is 0.257 e. The van der Waals surface area contributed by atoms with Crippen molar-refractivity contribution in [1.29, 1.82) is 0 Å². The number of rotatable bonds is 4. The van der Waals surface area contributed by atoms with Crippen LogP contribution in [0.3, 0.4) is 0 Å². The maximum absolute atomic E-state index is 13.0. The van der Waals surface area contributed by atoms with Crippen LogP contribution in [0.15, 0.2) is 36.4 Å². The van der Waals surface area contributed by atoms with Crippen LogP contribution in [0.4, 0.5) is 5.69 Å². The number of ether oxygens (including phenoxy) is 3. The van der Waals surface area contributed by atoms with E-state index in [9.17, 15) is 4.79 Å². The van der Waals surface area contributed by atoms with Crippen LogP contribution in [0, 0.1) is 0 Å². The lowest BCUT2D eigenvalue weighted by Crippen LogP contribution is -2.43. The number of benzene rings is 2. The summed E-state index contributed by atoms with van der Waals surface area (Å²) < 4.78 is 16.4. The molecule has 25 heavy (non-hydrogen) atoms. The third kappa shape index (κ3) is 2.54. The van der Waals surface area contributed by atoms with Gasteiger partial charge in [0.15, 0.2) is 11.5 Å². The summed E-state index contributed by atoms with van der Waals surface area (Å²) in [6, 6.07) is 11.4. The number of fused-ring (bicyclic) bond motifs is 2. The zero-order chi connectivity index (χ0) is 17.4. The Morgan fingerprint density at radius 3 is 2.92 bits per heavy atom. The van der Waals surface area contributed by atoms with Gasteiger partial charge in [-0.25, -0.2) is 0 Å². The van der Waals surface area contributed by atoms with E-state index >= 15 is 0 Å². The van der Waals surface area contributed by atoms with Gasteiger partial charge in [0.1, 0.15) is 6.17 Å². The van der Waals surface area contributed by atoms with Crippen molar-refractivity contribution in [2.24, 2.45) is 0 Å². The topological polar surface area (TPSA) is 60.0 Å². The fraction of sp³-hybridized carbons (Fsp3) is 0.316. The Kier molecular flexibility index (Phi) is 3.87. The highest BCUT2D eigenvalue weighted by Crippen LogP contribution is 2.44. The summed E-state index contributed by atoms with van der Waals surface area (Å²) in [5.74, 6) is 1.88. The zero-order valence-corrected chi connectivity index (χ0v) is 14.2. The number of hydrogen-bond donors (Lipinski definition) is 1. The molecule has 0 spiro atoms. The van der Waals surface area contributed by atoms with Crippen molar-refractivity contribution in [1.82, 2.24) is 4.90 Å². The SMILES string of the molecule is CCCN1C(=O)c2ccccc2N[C@@H]1c1cc(OC)c2c(c1)OCO2. The van der Waals surface area contributed by atoms with Gasteiger partial charge in [-0.2, -0.15) is 0 Å². The van der Waals surface area contributed by atoms with Gasteiger partial charge in [0, 0.05) is 17.8 Å². The highest BCUT2D eigenvalue weighted by atomic mass is 16.7. The van der Waals surface area contributed by atoms with Crippen LogP contribution in [-0.2, 0) is 0 Å². The van der Waals surface area contributed by atoms with E-state index in [1.807, 2.05) is 41.3 Å². The molecule has 4 rings (SSSR count). The number of para-hydroxylation sites is 1. The standard InChI is InChI=1S/C19H20N2O4/c1-3-8-21-18(20-14-7-5-4-6-13(14)19(21)22)12-9-15(23-2)17-16(10-12)24-11-25-17/h4-7,9-10,18,20H,3,8,11H2,1-2H3/t18-/m0/s1. The van der Waals surface area contributed by atoms with Gasteiger partial charge in [0.25, 0.3) is 5.91 Å². The van der Waals surface area contributed by atoms with E-state index in [1.54, 1.807) is 7.11 Å². The minimum Gasteiger partial charge on any atom is -0.493 e. The van der Waals surface area contributed by atoms with Crippen LogP contribution in [0.5, 0.6) is 17.2 Å². The zero-order valence-electron chi connectivity index (χ0n) is 14.2. The number of nitrogens with zero attached hydrogens (tertiary/aromatic N) is 1. The molecule has 1 N–H and O–H groups in total. The molecule has 2 heterocycles. The van der Waals surface area contributed by atoms with Crippen molar-refractivity contribution in [3.05, 3.63) is 47.5 Å². The van der Waals surface area contributed by atoms with Gasteiger partial charge in [-0.15, -0.1) is 0 Å². The first kappa shape index (κ1) is 15.6. The summed E-state index contributed by atoms with van der Waals surface area (Å²) >= 11 is 0. The fourth-order valence-electron chi connectivity index (χ4n) is 3.34. The van der Waals surface area contributed by atoms with E-state index in [0.717, 1.165) is 17.7 Å². The molecule has 2 aromatic carbocycles. The molecule has 0 radical (unpaired) electrons. The van der Waals surface area contributed by atoms with Crippen LogP contribution in [-0.4, -0.2) is 31.3 Å². The van der Waals surface area contributed by atoms with Gasteiger partial charge in [0.05, 0.1) is 12.7 Å².